The maximum Gasteiger partial charge on any atom is 0.119 e. The summed E-state index contributed by atoms with van der Waals surface area (Å²) in [4.78, 5) is 4.80. The topological polar surface area (TPSA) is 45.2 Å². The van der Waals surface area contributed by atoms with Gasteiger partial charge in [-0.1, -0.05) is 6.92 Å². The van der Waals surface area contributed by atoms with Crippen molar-refractivity contribution in [1.29, 1.82) is 0 Å². The first kappa shape index (κ1) is 19.0. The number of benzene rings is 1. The highest BCUT2D eigenvalue weighted by atomic mass is 16.5. The Morgan fingerprint density at radius 3 is 2.54 bits per heavy atom. The summed E-state index contributed by atoms with van der Waals surface area (Å²) in [5, 5.41) is 10.3. The lowest BCUT2D eigenvalue weighted by atomic mass is 9.97. The Balaban J connectivity index is 1.74. The molecule has 0 aromatic heterocycles. The van der Waals surface area contributed by atoms with Crippen molar-refractivity contribution >= 4 is 0 Å². The number of aliphatic hydroxyl groups excluding tert-OH is 1. The third kappa shape index (κ3) is 5.36. The van der Waals surface area contributed by atoms with Gasteiger partial charge in [-0.15, -0.1) is 0 Å². The maximum absolute atomic E-state index is 10.3. The smallest absolute Gasteiger partial charge is 0.119 e. The first-order valence-electron chi connectivity index (χ1n) is 8.92. The van der Waals surface area contributed by atoms with E-state index in [0.29, 0.717) is 25.2 Å². The summed E-state index contributed by atoms with van der Waals surface area (Å²) in [5.74, 6) is 1.55. The van der Waals surface area contributed by atoms with Gasteiger partial charge in [0.15, 0.2) is 0 Å². The van der Waals surface area contributed by atoms with Crippen LogP contribution >= 0.6 is 0 Å². The minimum Gasteiger partial charge on any atom is -0.497 e. The van der Waals surface area contributed by atoms with Gasteiger partial charge in [-0.2, -0.15) is 0 Å². The summed E-state index contributed by atoms with van der Waals surface area (Å²) in [7, 11) is 3.75. The third-order valence-corrected chi connectivity index (χ3v) is 5.02. The van der Waals surface area contributed by atoms with Crippen LogP contribution in [0.3, 0.4) is 0 Å². The molecule has 1 aromatic rings. The van der Waals surface area contributed by atoms with E-state index in [2.05, 4.69) is 30.7 Å². The molecule has 0 aliphatic carbocycles. The highest BCUT2D eigenvalue weighted by Gasteiger charge is 2.27. The average molecular weight is 336 g/mol. The van der Waals surface area contributed by atoms with Crippen molar-refractivity contribution in [1.82, 2.24) is 9.80 Å². The highest BCUT2D eigenvalue weighted by Crippen LogP contribution is 2.21. The van der Waals surface area contributed by atoms with Crippen molar-refractivity contribution in [2.75, 3.05) is 40.4 Å². The summed E-state index contributed by atoms with van der Waals surface area (Å²) in [6.07, 6.45) is 1.84. The van der Waals surface area contributed by atoms with E-state index >= 15 is 0 Å². The zero-order valence-corrected chi connectivity index (χ0v) is 15.4. The SMILES string of the molecule is CCN1CC[C@H](N(C)C[C@@H](O)COc2ccc(OC)cc2)C[C@@H]1C. The quantitative estimate of drug-likeness (QED) is 0.789. The molecule has 1 saturated heterocycles. The number of rotatable bonds is 8. The highest BCUT2D eigenvalue weighted by molar-refractivity contribution is 5.31. The minimum absolute atomic E-state index is 0.306. The fraction of sp³-hybridized carbons (Fsp3) is 0.684. The van der Waals surface area contributed by atoms with Gasteiger partial charge in [-0.3, -0.25) is 0 Å². The van der Waals surface area contributed by atoms with E-state index in [1.807, 2.05) is 24.3 Å². The molecule has 1 aliphatic heterocycles. The summed E-state index contributed by atoms with van der Waals surface area (Å²) < 4.78 is 10.8. The van der Waals surface area contributed by atoms with Gasteiger partial charge < -0.3 is 24.4 Å². The van der Waals surface area contributed by atoms with E-state index in [0.717, 1.165) is 31.0 Å². The second-order valence-corrected chi connectivity index (χ2v) is 6.74. The molecule has 1 N–H and O–H groups in total. The number of aliphatic hydroxyl groups is 1. The van der Waals surface area contributed by atoms with Crippen molar-refractivity contribution in [2.24, 2.45) is 0 Å². The van der Waals surface area contributed by atoms with Crippen LogP contribution in [0.1, 0.15) is 26.7 Å². The summed E-state index contributed by atoms with van der Waals surface area (Å²) in [5.41, 5.74) is 0. The van der Waals surface area contributed by atoms with Gasteiger partial charge in [0.2, 0.25) is 0 Å². The van der Waals surface area contributed by atoms with Crippen LogP contribution in [-0.2, 0) is 0 Å². The molecule has 3 atom stereocenters. The molecule has 2 rings (SSSR count). The Morgan fingerprint density at radius 1 is 1.29 bits per heavy atom. The molecular weight excluding hydrogens is 304 g/mol. The maximum atomic E-state index is 10.3. The molecule has 0 radical (unpaired) electrons. The van der Waals surface area contributed by atoms with Crippen LogP contribution in [0, 0.1) is 0 Å². The fourth-order valence-corrected chi connectivity index (χ4v) is 3.46. The monoisotopic (exact) mass is 336 g/mol. The van der Waals surface area contributed by atoms with Gasteiger partial charge >= 0.3 is 0 Å². The second kappa shape index (κ2) is 9.25. The second-order valence-electron chi connectivity index (χ2n) is 6.74. The number of likely N-dealkylation sites (tertiary alicyclic amines) is 1. The largest absolute Gasteiger partial charge is 0.497 e. The Bertz CT molecular complexity index is 480. The number of hydrogen-bond acceptors (Lipinski definition) is 5. The Labute approximate surface area is 146 Å². The van der Waals surface area contributed by atoms with Crippen LogP contribution in [-0.4, -0.2) is 73.5 Å². The first-order valence-corrected chi connectivity index (χ1v) is 8.92. The van der Waals surface area contributed by atoms with Gasteiger partial charge in [-0.05, 0) is 64.2 Å². The van der Waals surface area contributed by atoms with Crippen molar-refractivity contribution in [3.63, 3.8) is 0 Å². The van der Waals surface area contributed by atoms with Crippen LogP contribution in [0.15, 0.2) is 24.3 Å². The molecule has 0 bridgehead atoms. The lowest BCUT2D eigenvalue weighted by molar-refractivity contribution is 0.0364. The minimum atomic E-state index is -0.489. The molecule has 1 heterocycles. The van der Waals surface area contributed by atoms with Gasteiger partial charge in [0.25, 0.3) is 0 Å². The van der Waals surface area contributed by atoms with Crippen LogP contribution in [0.25, 0.3) is 0 Å². The van der Waals surface area contributed by atoms with E-state index in [-0.39, 0.29) is 0 Å². The van der Waals surface area contributed by atoms with Crippen molar-refractivity contribution in [3.05, 3.63) is 24.3 Å². The number of hydrogen-bond donors (Lipinski definition) is 1. The van der Waals surface area contributed by atoms with Gasteiger partial charge in [-0.25, -0.2) is 0 Å². The summed E-state index contributed by atoms with van der Waals surface area (Å²) in [6.45, 7) is 7.73. The zero-order valence-electron chi connectivity index (χ0n) is 15.4. The lowest BCUT2D eigenvalue weighted by Crippen LogP contribution is -2.49. The standard InChI is InChI=1S/C19H32N2O3/c1-5-21-11-10-16(12-15(21)2)20(3)13-17(22)14-24-19-8-6-18(23-4)7-9-19/h6-9,15-17,22H,5,10-14H2,1-4H3/t15-,16-,17+/m0/s1. The molecule has 5 nitrogen and oxygen atoms in total. The molecule has 0 unspecified atom stereocenters. The van der Waals surface area contributed by atoms with E-state index in [1.165, 1.54) is 6.42 Å². The first-order chi connectivity index (χ1) is 11.5. The molecule has 5 heteroatoms. The van der Waals surface area contributed by atoms with Gasteiger partial charge in [0.05, 0.1) is 7.11 Å². The van der Waals surface area contributed by atoms with E-state index in [1.54, 1.807) is 7.11 Å². The summed E-state index contributed by atoms with van der Waals surface area (Å²) in [6, 6.07) is 8.59. The summed E-state index contributed by atoms with van der Waals surface area (Å²) >= 11 is 0. The van der Waals surface area contributed by atoms with Crippen LogP contribution in [0.2, 0.25) is 0 Å². The molecule has 0 saturated carbocycles. The van der Waals surface area contributed by atoms with Crippen LogP contribution in [0.4, 0.5) is 0 Å². The molecule has 1 fully saturated rings. The van der Waals surface area contributed by atoms with E-state index in [4.69, 9.17) is 9.47 Å². The number of piperidine rings is 1. The zero-order chi connectivity index (χ0) is 17.5. The molecule has 136 valence electrons. The third-order valence-electron chi connectivity index (χ3n) is 5.02. The molecule has 0 spiro atoms. The van der Waals surface area contributed by atoms with Crippen molar-refractivity contribution in [3.8, 4) is 11.5 Å². The van der Waals surface area contributed by atoms with E-state index in [9.17, 15) is 5.11 Å². The molecule has 1 aromatic carbocycles. The van der Waals surface area contributed by atoms with Gasteiger partial charge in [0.1, 0.15) is 24.2 Å². The Morgan fingerprint density at radius 2 is 1.96 bits per heavy atom. The van der Waals surface area contributed by atoms with E-state index < -0.39 is 6.10 Å². The van der Waals surface area contributed by atoms with Crippen LogP contribution < -0.4 is 9.47 Å². The number of nitrogens with zero attached hydrogens (tertiary/aromatic N) is 2. The average Bonchev–Trinajstić information content (AvgIpc) is 2.60. The predicted molar refractivity (Wildman–Crippen MR) is 96.9 cm³/mol. The molecule has 0 amide bonds. The fourth-order valence-electron chi connectivity index (χ4n) is 3.46. The van der Waals surface area contributed by atoms with Crippen LogP contribution in [0.5, 0.6) is 11.5 Å². The number of likely N-dealkylation sites (N-methyl/N-ethyl adjacent to an activating group) is 1. The molecular formula is C19H32N2O3. The predicted octanol–water partition coefficient (Wildman–Crippen LogP) is 2.24. The van der Waals surface area contributed by atoms with Gasteiger partial charge in [0, 0.05) is 18.6 Å². The molecule has 24 heavy (non-hydrogen) atoms. The lowest BCUT2D eigenvalue weighted by Gasteiger charge is -2.41. The normalized spacial score (nSPS) is 23.2. The Hall–Kier alpha value is -1.30. The van der Waals surface area contributed by atoms with Crippen molar-refractivity contribution < 1.29 is 14.6 Å². The Kier molecular flexibility index (Phi) is 7.34. The molecule has 1 aliphatic rings. The number of methoxy groups -OCH3 is 1. The number of ether oxygens (including phenoxy) is 2. The van der Waals surface area contributed by atoms with Crippen molar-refractivity contribution in [2.45, 2.75) is 44.9 Å².